The largest absolute Gasteiger partial charge is 0.465 e. The van der Waals surface area contributed by atoms with Crippen LogP contribution >= 0.6 is 11.6 Å². The molecule has 2 aromatic rings. The zero-order chi connectivity index (χ0) is 14.5. The third kappa shape index (κ3) is 3.39. The van der Waals surface area contributed by atoms with E-state index in [0.29, 0.717) is 16.8 Å². The van der Waals surface area contributed by atoms with Gasteiger partial charge in [0.05, 0.1) is 24.8 Å². The van der Waals surface area contributed by atoms with E-state index in [9.17, 15) is 9.59 Å². The van der Waals surface area contributed by atoms with Crippen LogP contribution in [0.5, 0.6) is 0 Å². The summed E-state index contributed by atoms with van der Waals surface area (Å²) in [6, 6.07) is 7.97. The van der Waals surface area contributed by atoms with E-state index in [1.807, 2.05) is 0 Å². The highest BCUT2D eigenvalue weighted by Gasteiger charge is 2.12. The summed E-state index contributed by atoms with van der Waals surface area (Å²) in [6.07, 6.45) is 1.58. The molecule has 0 radical (unpaired) electrons. The molecule has 0 unspecified atom stereocenters. The lowest BCUT2D eigenvalue weighted by molar-refractivity contribution is 0.0600. The number of rotatable bonds is 4. The monoisotopic (exact) mass is 290 g/mol. The van der Waals surface area contributed by atoms with Crippen molar-refractivity contribution in [2.24, 2.45) is 0 Å². The minimum Gasteiger partial charge on any atom is -0.465 e. The number of hydrogen-bond donors (Lipinski definition) is 0. The van der Waals surface area contributed by atoms with Crippen LogP contribution in [0, 0.1) is 0 Å². The van der Waals surface area contributed by atoms with Gasteiger partial charge in [0.1, 0.15) is 0 Å². The van der Waals surface area contributed by atoms with Crippen LogP contribution in [0.25, 0.3) is 0 Å². The van der Waals surface area contributed by atoms with Gasteiger partial charge < -0.3 is 4.74 Å². The van der Waals surface area contributed by atoms with Gasteiger partial charge in [-0.1, -0.05) is 12.1 Å². The van der Waals surface area contributed by atoms with Gasteiger partial charge in [0.25, 0.3) is 0 Å². The fourth-order valence-electron chi connectivity index (χ4n) is 1.67. The Labute approximate surface area is 120 Å². The predicted molar refractivity (Wildman–Crippen MR) is 72.9 cm³/mol. The first-order valence-corrected chi connectivity index (χ1v) is 6.17. The highest BCUT2D eigenvalue weighted by atomic mass is 35.5. The second-order valence-electron chi connectivity index (χ2n) is 3.99. The van der Waals surface area contributed by atoms with Gasteiger partial charge in [-0.25, -0.2) is 14.8 Å². The maximum atomic E-state index is 12.1. The summed E-state index contributed by atoms with van der Waals surface area (Å²) in [5, 5.41) is 0.0959. The van der Waals surface area contributed by atoms with E-state index in [0.717, 1.165) is 0 Å². The van der Waals surface area contributed by atoms with Gasteiger partial charge in [0.15, 0.2) is 5.78 Å². The van der Waals surface area contributed by atoms with Crippen molar-refractivity contribution in [3.8, 4) is 0 Å². The Morgan fingerprint density at radius 2 is 2.00 bits per heavy atom. The Balaban J connectivity index is 2.19. The van der Waals surface area contributed by atoms with Gasteiger partial charge in [-0.3, -0.25) is 4.79 Å². The van der Waals surface area contributed by atoms with Gasteiger partial charge in [-0.2, -0.15) is 0 Å². The molecule has 0 saturated carbocycles. The van der Waals surface area contributed by atoms with Crippen LogP contribution in [0.4, 0.5) is 0 Å². The molecule has 6 heteroatoms. The Bertz CT molecular complexity index is 658. The van der Waals surface area contributed by atoms with Crippen molar-refractivity contribution in [2.75, 3.05) is 7.11 Å². The first-order chi connectivity index (χ1) is 9.60. The molecule has 0 aliphatic rings. The SMILES string of the molecule is COC(=O)c1cccc(C(=O)Cc2ccnc(Cl)n2)c1. The van der Waals surface area contributed by atoms with Gasteiger partial charge >= 0.3 is 5.97 Å². The van der Waals surface area contributed by atoms with Gasteiger partial charge in [-0.05, 0) is 29.8 Å². The maximum Gasteiger partial charge on any atom is 0.337 e. The molecule has 0 N–H and O–H groups in total. The van der Waals surface area contributed by atoms with Gasteiger partial charge in [0.2, 0.25) is 5.28 Å². The molecule has 0 bridgehead atoms. The zero-order valence-corrected chi connectivity index (χ0v) is 11.4. The maximum absolute atomic E-state index is 12.1. The smallest absolute Gasteiger partial charge is 0.337 e. The second-order valence-corrected chi connectivity index (χ2v) is 4.33. The van der Waals surface area contributed by atoms with Crippen molar-refractivity contribution < 1.29 is 14.3 Å². The van der Waals surface area contributed by atoms with Crippen molar-refractivity contribution in [1.29, 1.82) is 0 Å². The van der Waals surface area contributed by atoms with E-state index < -0.39 is 5.97 Å². The van der Waals surface area contributed by atoms with Crippen molar-refractivity contribution in [3.05, 3.63) is 58.6 Å². The molecule has 0 aliphatic heterocycles. The number of halogens is 1. The molecule has 0 aliphatic carbocycles. The van der Waals surface area contributed by atoms with E-state index in [1.54, 1.807) is 24.3 Å². The number of Topliss-reactive ketones (excluding diaryl/α,β-unsaturated/α-hetero) is 1. The standard InChI is InChI=1S/C14H11ClN2O3/c1-20-13(19)10-4-2-3-9(7-10)12(18)8-11-5-6-16-14(15)17-11/h2-7H,8H2,1H3. The Hall–Kier alpha value is -2.27. The fourth-order valence-corrected chi connectivity index (χ4v) is 1.84. The van der Waals surface area contributed by atoms with Crippen LogP contribution in [-0.4, -0.2) is 28.8 Å². The van der Waals surface area contributed by atoms with Crippen LogP contribution < -0.4 is 0 Å². The average Bonchev–Trinajstić information content (AvgIpc) is 2.46. The third-order valence-corrected chi connectivity index (χ3v) is 2.81. The fraction of sp³-hybridized carbons (Fsp3) is 0.143. The van der Waals surface area contributed by atoms with Crippen molar-refractivity contribution in [2.45, 2.75) is 6.42 Å². The summed E-state index contributed by atoms with van der Waals surface area (Å²) < 4.78 is 4.62. The van der Waals surface area contributed by atoms with Gasteiger partial charge in [-0.15, -0.1) is 0 Å². The lowest BCUT2D eigenvalue weighted by Gasteiger charge is -2.03. The minimum atomic E-state index is -0.482. The van der Waals surface area contributed by atoms with Crippen molar-refractivity contribution in [3.63, 3.8) is 0 Å². The lowest BCUT2D eigenvalue weighted by atomic mass is 10.0. The number of ketones is 1. The topological polar surface area (TPSA) is 69.2 Å². The normalized spacial score (nSPS) is 10.1. The van der Waals surface area contributed by atoms with Crippen molar-refractivity contribution >= 4 is 23.4 Å². The minimum absolute atomic E-state index is 0.0901. The zero-order valence-electron chi connectivity index (χ0n) is 10.7. The summed E-state index contributed by atoms with van der Waals surface area (Å²) in [5.74, 6) is -0.643. The Morgan fingerprint density at radius 3 is 2.70 bits per heavy atom. The molecule has 0 fully saturated rings. The van der Waals surface area contributed by atoms with Crippen LogP contribution in [0.15, 0.2) is 36.5 Å². The lowest BCUT2D eigenvalue weighted by Crippen LogP contribution is -2.08. The second kappa shape index (κ2) is 6.25. The highest BCUT2D eigenvalue weighted by Crippen LogP contribution is 2.11. The molecule has 0 spiro atoms. The number of carbonyl (C=O) groups excluding carboxylic acids is 2. The highest BCUT2D eigenvalue weighted by molar-refractivity contribution is 6.28. The molecular formula is C14H11ClN2O3. The molecule has 102 valence electrons. The van der Waals surface area contributed by atoms with E-state index in [4.69, 9.17) is 11.6 Å². The Morgan fingerprint density at radius 1 is 1.25 bits per heavy atom. The molecule has 0 amide bonds. The average molecular weight is 291 g/mol. The molecule has 0 atom stereocenters. The van der Waals surface area contributed by atoms with E-state index in [-0.39, 0.29) is 17.5 Å². The third-order valence-electron chi connectivity index (χ3n) is 2.63. The number of esters is 1. The summed E-state index contributed by atoms with van der Waals surface area (Å²) in [7, 11) is 1.29. The molecule has 2 rings (SSSR count). The summed E-state index contributed by atoms with van der Waals surface area (Å²) >= 11 is 5.67. The number of methoxy groups -OCH3 is 1. The molecule has 1 aromatic heterocycles. The molecular weight excluding hydrogens is 280 g/mol. The Kier molecular flexibility index (Phi) is 4.42. The molecule has 1 heterocycles. The van der Waals surface area contributed by atoms with Crippen LogP contribution in [-0.2, 0) is 11.2 Å². The number of carbonyl (C=O) groups is 2. The number of ether oxygens (including phenoxy) is 1. The van der Waals surface area contributed by atoms with Gasteiger partial charge in [0, 0.05) is 11.8 Å². The summed E-state index contributed by atoms with van der Waals surface area (Å²) in [5.41, 5.74) is 1.28. The first kappa shape index (κ1) is 14.1. The number of nitrogens with zero attached hydrogens (tertiary/aromatic N) is 2. The van der Waals surface area contributed by atoms with E-state index in [2.05, 4.69) is 14.7 Å². The van der Waals surface area contributed by atoms with Crippen LogP contribution in [0.1, 0.15) is 26.4 Å². The summed E-state index contributed by atoms with van der Waals surface area (Å²) in [4.78, 5) is 31.3. The summed E-state index contributed by atoms with van der Waals surface area (Å²) in [6.45, 7) is 0. The predicted octanol–water partition coefficient (Wildman–Crippen LogP) is 2.34. The molecule has 5 nitrogen and oxygen atoms in total. The van der Waals surface area contributed by atoms with Crippen LogP contribution in [0.2, 0.25) is 5.28 Å². The molecule has 0 saturated heterocycles. The van der Waals surface area contributed by atoms with Crippen LogP contribution in [0.3, 0.4) is 0 Å². The van der Waals surface area contributed by atoms with E-state index >= 15 is 0 Å². The molecule has 20 heavy (non-hydrogen) atoms. The number of aromatic nitrogens is 2. The van der Waals surface area contributed by atoms with E-state index in [1.165, 1.54) is 19.4 Å². The number of benzene rings is 1. The number of hydrogen-bond acceptors (Lipinski definition) is 5. The quantitative estimate of drug-likeness (QED) is 0.491. The first-order valence-electron chi connectivity index (χ1n) is 5.79. The van der Waals surface area contributed by atoms with Crippen molar-refractivity contribution in [1.82, 2.24) is 9.97 Å². The molecule has 1 aromatic carbocycles.